The van der Waals surface area contributed by atoms with Gasteiger partial charge in [-0.25, -0.2) is 0 Å². The molecule has 0 spiro atoms. The number of carbonyl (C=O) groups is 2. The summed E-state index contributed by atoms with van der Waals surface area (Å²) in [5.74, 6) is -3.67. The van der Waals surface area contributed by atoms with Crippen molar-refractivity contribution in [1.82, 2.24) is 0 Å². The molecule has 0 aliphatic rings. The summed E-state index contributed by atoms with van der Waals surface area (Å²) in [4.78, 5) is 21.2. The molecular formula is C8H12O5. The van der Waals surface area contributed by atoms with Crippen LogP contribution in [0.15, 0.2) is 12.3 Å². The van der Waals surface area contributed by atoms with Gasteiger partial charge in [-0.05, 0) is 6.92 Å². The number of aliphatic hydroxyl groups excluding tert-OH is 2. The van der Waals surface area contributed by atoms with Crippen LogP contribution in [0.2, 0.25) is 0 Å². The molecule has 5 heteroatoms. The monoisotopic (exact) mass is 188 g/mol. The third kappa shape index (κ3) is 3.71. The Hall–Kier alpha value is -1.36. The molecular weight excluding hydrogens is 176 g/mol. The molecule has 0 fully saturated rings. The highest BCUT2D eigenvalue weighted by atomic mass is 16.4. The fraction of sp³-hybridized carbons (Fsp3) is 0.500. The first-order valence-corrected chi connectivity index (χ1v) is 3.64. The zero-order valence-corrected chi connectivity index (χ0v) is 7.23. The molecule has 74 valence electrons. The van der Waals surface area contributed by atoms with Crippen LogP contribution in [0.25, 0.3) is 0 Å². The fourth-order valence-electron chi connectivity index (χ4n) is 0.871. The number of aliphatic carboxylic acids is 1. The van der Waals surface area contributed by atoms with Crippen molar-refractivity contribution in [2.45, 2.75) is 19.4 Å². The highest BCUT2D eigenvalue weighted by molar-refractivity contribution is 5.86. The normalized spacial score (nSPS) is 14.6. The molecule has 13 heavy (non-hydrogen) atoms. The molecule has 0 aromatic rings. The number of ketones is 1. The Morgan fingerprint density at radius 1 is 1.38 bits per heavy atom. The van der Waals surface area contributed by atoms with Crippen LogP contribution in [0.4, 0.5) is 0 Å². The van der Waals surface area contributed by atoms with Gasteiger partial charge in [-0.2, -0.15) is 0 Å². The molecule has 0 aliphatic carbocycles. The van der Waals surface area contributed by atoms with Crippen LogP contribution < -0.4 is 0 Å². The zero-order valence-electron chi connectivity index (χ0n) is 7.23. The van der Waals surface area contributed by atoms with Gasteiger partial charge in [0, 0.05) is 6.42 Å². The third-order valence-corrected chi connectivity index (χ3v) is 1.57. The zero-order chi connectivity index (χ0) is 10.6. The number of carboxylic acids is 1. The van der Waals surface area contributed by atoms with Crippen LogP contribution in [-0.4, -0.2) is 33.2 Å². The first-order chi connectivity index (χ1) is 5.86. The van der Waals surface area contributed by atoms with E-state index >= 15 is 0 Å². The van der Waals surface area contributed by atoms with Gasteiger partial charge in [0.15, 0.2) is 5.78 Å². The second-order valence-electron chi connectivity index (χ2n) is 2.77. The van der Waals surface area contributed by atoms with Gasteiger partial charge >= 0.3 is 5.97 Å². The third-order valence-electron chi connectivity index (χ3n) is 1.57. The second-order valence-corrected chi connectivity index (χ2v) is 2.77. The maximum atomic E-state index is 10.6. The van der Waals surface area contributed by atoms with Crippen LogP contribution in [-0.2, 0) is 9.59 Å². The van der Waals surface area contributed by atoms with Gasteiger partial charge in [0.1, 0.15) is 6.10 Å². The topological polar surface area (TPSA) is 94.8 Å². The number of hydrogen-bond acceptors (Lipinski definition) is 4. The molecule has 0 heterocycles. The van der Waals surface area contributed by atoms with Gasteiger partial charge in [-0.3, -0.25) is 9.59 Å². The summed E-state index contributed by atoms with van der Waals surface area (Å²) in [5, 5.41) is 26.4. The van der Waals surface area contributed by atoms with Crippen molar-refractivity contribution in [3.63, 3.8) is 0 Å². The Balaban J connectivity index is 4.51. The Morgan fingerprint density at radius 2 is 1.85 bits per heavy atom. The van der Waals surface area contributed by atoms with E-state index in [1.165, 1.54) is 0 Å². The van der Waals surface area contributed by atoms with Gasteiger partial charge in [0.25, 0.3) is 0 Å². The Bertz CT molecular complexity index is 233. The molecule has 0 amide bonds. The van der Waals surface area contributed by atoms with E-state index in [1.54, 1.807) is 0 Å². The van der Waals surface area contributed by atoms with E-state index in [0.717, 1.165) is 6.92 Å². The Labute approximate surface area is 75.3 Å². The molecule has 0 aromatic heterocycles. The van der Waals surface area contributed by atoms with Crippen molar-refractivity contribution in [3.8, 4) is 0 Å². The lowest BCUT2D eigenvalue weighted by Gasteiger charge is -2.15. The predicted octanol–water partition coefficient (Wildman–Crippen LogP) is 0.0989. The lowest BCUT2D eigenvalue weighted by atomic mass is 9.95. The molecule has 0 aliphatic heterocycles. The Morgan fingerprint density at radius 3 is 2.08 bits per heavy atom. The van der Waals surface area contributed by atoms with E-state index in [4.69, 9.17) is 15.3 Å². The quantitative estimate of drug-likeness (QED) is 0.532. The lowest BCUT2D eigenvalue weighted by Crippen LogP contribution is -2.33. The Kier molecular flexibility index (Phi) is 4.13. The van der Waals surface area contributed by atoms with Gasteiger partial charge in [-0.1, -0.05) is 6.58 Å². The number of rotatable bonds is 5. The van der Waals surface area contributed by atoms with Crippen LogP contribution in [0.5, 0.6) is 0 Å². The highest BCUT2D eigenvalue weighted by Crippen LogP contribution is 2.14. The van der Waals surface area contributed by atoms with Gasteiger partial charge in [0.05, 0.1) is 11.7 Å². The SMILES string of the molecule is C=C(O)CC(C(=O)O)C(O)C(C)=O. The summed E-state index contributed by atoms with van der Waals surface area (Å²) in [6.45, 7) is 4.17. The molecule has 0 bridgehead atoms. The molecule has 2 atom stereocenters. The first kappa shape index (κ1) is 11.6. The molecule has 3 N–H and O–H groups in total. The van der Waals surface area contributed by atoms with Crippen LogP contribution in [0.1, 0.15) is 13.3 Å². The van der Waals surface area contributed by atoms with Crippen molar-refractivity contribution in [2.75, 3.05) is 0 Å². The second kappa shape index (κ2) is 4.61. The predicted molar refractivity (Wildman–Crippen MR) is 44.2 cm³/mol. The van der Waals surface area contributed by atoms with E-state index in [1.807, 2.05) is 0 Å². The smallest absolute Gasteiger partial charge is 0.310 e. The maximum Gasteiger partial charge on any atom is 0.310 e. The average Bonchev–Trinajstić information content (AvgIpc) is 1.97. The first-order valence-electron chi connectivity index (χ1n) is 3.64. The van der Waals surface area contributed by atoms with Crippen molar-refractivity contribution < 1.29 is 24.9 Å². The number of carbonyl (C=O) groups excluding carboxylic acids is 1. The summed E-state index contributed by atoms with van der Waals surface area (Å²) in [6, 6.07) is 0. The maximum absolute atomic E-state index is 10.6. The van der Waals surface area contributed by atoms with E-state index in [-0.39, 0.29) is 12.2 Å². The van der Waals surface area contributed by atoms with Crippen molar-refractivity contribution in [1.29, 1.82) is 0 Å². The minimum Gasteiger partial charge on any atom is -0.513 e. The number of Topliss-reactive ketones (excluding diaryl/α,β-unsaturated/α-hetero) is 1. The van der Waals surface area contributed by atoms with Crippen molar-refractivity contribution >= 4 is 11.8 Å². The van der Waals surface area contributed by atoms with Gasteiger partial charge in [-0.15, -0.1) is 0 Å². The molecule has 0 saturated carbocycles. The van der Waals surface area contributed by atoms with Crippen molar-refractivity contribution in [3.05, 3.63) is 12.3 Å². The summed E-state index contributed by atoms with van der Waals surface area (Å²) in [5.41, 5.74) is 0. The van der Waals surface area contributed by atoms with E-state index in [9.17, 15) is 9.59 Å². The van der Waals surface area contributed by atoms with E-state index < -0.39 is 23.8 Å². The number of aliphatic hydroxyl groups is 2. The standard InChI is InChI=1S/C8H12O5/c1-4(9)3-6(8(12)13)7(11)5(2)10/h6-7,9,11H,1,3H2,2H3,(H,12,13). The van der Waals surface area contributed by atoms with Gasteiger partial charge in [0.2, 0.25) is 0 Å². The minimum absolute atomic E-state index is 0.323. The summed E-state index contributed by atoms with van der Waals surface area (Å²) in [6.07, 6.45) is -1.92. The number of carboxylic acid groups (broad SMARTS) is 1. The fourth-order valence-corrected chi connectivity index (χ4v) is 0.871. The molecule has 0 rings (SSSR count). The van der Waals surface area contributed by atoms with Crippen LogP contribution in [0, 0.1) is 5.92 Å². The summed E-state index contributed by atoms with van der Waals surface area (Å²) >= 11 is 0. The van der Waals surface area contributed by atoms with Crippen molar-refractivity contribution in [2.24, 2.45) is 5.92 Å². The molecule has 0 saturated heterocycles. The molecule has 5 nitrogen and oxygen atoms in total. The van der Waals surface area contributed by atoms with E-state index in [0.29, 0.717) is 0 Å². The van der Waals surface area contributed by atoms with Crippen LogP contribution >= 0.6 is 0 Å². The molecule has 0 aromatic carbocycles. The van der Waals surface area contributed by atoms with Gasteiger partial charge < -0.3 is 15.3 Å². The highest BCUT2D eigenvalue weighted by Gasteiger charge is 2.30. The number of hydrogen-bond donors (Lipinski definition) is 3. The molecule has 2 unspecified atom stereocenters. The number of allylic oxidation sites excluding steroid dienone is 1. The van der Waals surface area contributed by atoms with Crippen LogP contribution in [0.3, 0.4) is 0 Å². The molecule has 0 radical (unpaired) electrons. The summed E-state index contributed by atoms with van der Waals surface area (Å²) in [7, 11) is 0. The minimum atomic E-state index is -1.60. The average molecular weight is 188 g/mol. The lowest BCUT2D eigenvalue weighted by molar-refractivity contribution is -0.150. The summed E-state index contributed by atoms with van der Waals surface area (Å²) < 4.78 is 0. The van der Waals surface area contributed by atoms with E-state index in [2.05, 4.69) is 6.58 Å². The largest absolute Gasteiger partial charge is 0.513 e.